The quantitative estimate of drug-likeness (QED) is 0.741. The van der Waals surface area contributed by atoms with E-state index in [9.17, 15) is 14.7 Å². The summed E-state index contributed by atoms with van der Waals surface area (Å²) in [6, 6.07) is 0. The largest absolute Gasteiger partial charge is 0.393 e. The zero-order chi connectivity index (χ0) is 18.6. The minimum absolute atomic E-state index is 0.0434. The van der Waals surface area contributed by atoms with Gasteiger partial charge in [0.05, 0.1) is 6.10 Å². The highest BCUT2D eigenvalue weighted by Gasteiger charge is 2.39. The molecule has 6 nitrogen and oxygen atoms in total. The standard InChI is InChI=1S/C20H35N3O3/c1-16(24)17-8-13-22(14-17)19(26)18(25)21-15-20(9-4-2-5-10-20)23-11-6-3-7-12-23/h16-17,24H,2-15H2,1H3,(H,21,25)/t16-,17-/m0/s1. The lowest BCUT2D eigenvalue weighted by atomic mass is 9.79. The molecule has 2 heterocycles. The van der Waals surface area contributed by atoms with E-state index in [1.807, 2.05) is 0 Å². The Bertz CT molecular complexity index is 497. The first-order valence-electron chi connectivity index (χ1n) is 10.5. The van der Waals surface area contributed by atoms with Gasteiger partial charge in [-0.25, -0.2) is 0 Å². The van der Waals surface area contributed by atoms with E-state index >= 15 is 0 Å². The molecule has 0 aromatic carbocycles. The van der Waals surface area contributed by atoms with E-state index in [-0.39, 0.29) is 11.5 Å². The van der Waals surface area contributed by atoms with Crippen molar-refractivity contribution in [3.63, 3.8) is 0 Å². The van der Waals surface area contributed by atoms with Gasteiger partial charge < -0.3 is 15.3 Å². The molecule has 3 aliphatic rings. The van der Waals surface area contributed by atoms with Crippen LogP contribution in [0.5, 0.6) is 0 Å². The lowest BCUT2D eigenvalue weighted by Crippen LogP contribution is -2.59. The number of carbonyl (C=O) groups is 2. The summed E-state index contributed by atoms with van der Waals surface area (Å²) >= 11 is 0. The molecule has 1 saturated carbocycles. The summed E-state index contributed by atoms with van der Waals surface area (Å²) in [6.45, 7) is 5.63. The van der Waals surface area contributed by atoms with Crippen LogP contribution in [0.2, 0.25) is 0 Å². The van der Waals surface area contributed by atoms with Crippen molar-refractivity contribution in [3.8, 4) is 0 Å². The molecule has 0 unspecified atom stereocenters. The van der Waals surface area contributed by atoms with E-state index in [4.69, 9.17) is 0 Å². The summed E-state index contributed by atoms with van der Waals surface area (Å²) in [5, 5.41) is 12.7. The fourth-order valence-electron chi connectivity index (χ4n) is 5.01. The molecule has 3 fully saturated rings. The zero-order valence-corrected chi connectivity index (χ0v) is 16.2. The summed E-state index contributed by atoms with van der Waals surface area (Å²) in [7, 11) is 0. The summed E-state index contributed by atoms with van der Waals surface area (Å²) in [6.07, 6.45) is 10.1. The molecule has 6 heteroatoms. The molecule has 2 amide bonds. The van der Waals surface area contributed by atoms with Gasteiger partial charge in [-0.2, -0.15) is 0 Å². The molecule has 3 rings (SSSR count). The average molecular weight is 366 g/mol. The normalized spacial score (nSPS) is 27.9. The lowest BCUT2D eigenvalue weighted by molar-refractivity contribution is -0.145. The van der Waals surface area contributed by atoms with Crippen molar-refractivity contribution in [1.29, 1.82) is 0 Å². The zero-order valence-electron chi connectivity index (χ0n) is 16.2. The number of amides is 2. The number of hydrogen-bond acceptors (Lipinski definition) is 4. The smallest absolute Gasteiger partial charge is 0.311 e. The van der Waals surface area contributed by atoms with E-state index in [0.29, 0.717) is 19.6 Å². The van der Waals surface area contributed by atoms with Crippen LogP contribution >= 0.6 is 0 Å². The van der Waals surface area contributed by atoms with Gasteiger partial charge in [-0.1, -0.05) is 25.7 Å². The van der Waals surface area contributed by atoms with Gasteiger partial charge in [0.2, 0.25) is 0 Å². The van der Waals surface area contributed by atoms with Crippen LogP contribution in [0, 0.1) is 5.92 Å². The van der Waals surface area contributed by atoms with E-state index in [1.54, 1.807) is 11.8 Å². The van der Waals surface area contributed by atoms with Crippen molar-refractivity contribution >= 4 is 11.8 Å². The Hall–Kier alpha value is -1.14. The molecule has 0 radical (unpaired) electrons. The van der Waals surface area contributed by atoms with Crippen LogP contribution in [0.25, 0.3) is 0 Å². The Labute approximate surface area is 157 Å². The number of nitrogens with one attached hydrogen (secondary N) is 1. The maximum absolute atomic E-state index is 12.5. The van der Waals surface area contributed by atoms with Crippen molar-refractivity contribution in [2.75, 3.05) is 32.7 Å². The first-order valence-corrected chi connectivity index (χ1v) is 10.5. The van der Waals surface area contributed by atoms with Crippen LogP contribution in [-0.2, 0) is 9.59 Å². The second-order valence-corrected chi connectivity index (χ2v) is 8.56. The number of piperidine rings is 1. The maximum Gasteiger partial charge on any atom is 0.311 e. The van der Waals surface area contributed by atoms with E-state index in [1.165, 1.54) is 38.5 Å². The summed E-state index contributed by atoms with van der Waals surface area (Å²) in [4.78, 5) is 29.2. The number of nitrogens with zero attached hydrogens (tertiary/aromatic N) is 2. The van der Waals surface area contributed by atoms with Crippen LogP contribution in [0.1, 0.15) is 64.7 Å². The lowest BCUT2D eigenvalue weighted by Gasteiger charge is -2.48. The van der Waals surface area contributed by atoms with E-state index < -0.39 is 17.9 Å². The molecule has 2 saturated heterocycles. The number of carbonyl (C=O) groups excluding carboxylic acids is 2. The summed E-state index contributed by atoms with van der Waals surface area (Å²) in [5.41, 5.74) is 0.0434. The Morgan fingerprint density at radius 3 is 2.35 bits per heavy atom. The third-order valence-corrected chi connectivity index (χ3v) is 6.78. The molecule has 2 N–H and O–H groups in total. The van der Waals surface area contributed by atoms with Crippen LogP contribution in [-0.4, -0.2) is 71.1 Å². The Morgan fingerprint density at radius 2 is 1.73 bits per heavy atom. The molecular formula is C20H35N3O3. The number of hydrogen-bond donors (Lipinski definition) is 2. The van der Waals surface area contributed by atoms with Gasteiger partial charge in [0.1, 0.15) is 0 Å². The van der Waals surface area contributed by atoms with Crippen LogP contribution < -0.4 is 5.32 Å². The third kappa shape index (κ3) is 4.39. The van der Waals surface area contributed by atoms with Gasteiger partial charge in [0.25, 0.3) is 0 Å². The van der Waals surface area contributed by atoms with Crippen LogP contribution in [0.4, 0.5) is 0 Å². The number of aliphatic hydroxyl groups is 1. The van der Waals surface area contributed by atoms with Gasteiger partial charge in [-0.3, -0.25) is 14.5 Å². The van der Waals surface area contributed by atoms with Gasteiger partial charge >= 0.3 is 11.8 Å². The molecule has 2 aliphatic heterocycles. The topological polar surface area (TPSA) is 72.9 Å². The second kappa shape index (κ2) is 8.70. The van der Waals surface area contributed by atoms with E-state index in [2.05, 4.69) is 10.2 Å². The third-order valence-electron chi connectivity index (χ3n) is 6.78. The Balaban J connectivity index is 1.56. The highest BCUT2D eigenvalue weighted by atomic mass is 16.3. The van der Waals surface area contributed by atoms with Crippen LogP contribution in [0.3, 0.4) is 0 Å². The van der Waals surface area contributed by atoms with Gasteiger partial charge in [0.15, 0.2) is 0 Å². The molecule has 0 spiro atoms. The fraction of sp³-hybridized carbons (Fsp3) is 0.900. The number of likely N-dealkylation sites (tertiary alicyclic amines) is 2. The molecule has 0 aromatic rings. The maximum atomic E-state index is 12.5. The predicted octanol–water partition coefficient (Wildman–Crippen LogP) is 1.52. The van der Waals surface area contributed by atoms with Gasteiger partial charge in [-0.05, 0) is 52.1 Å². The highest BCUT2D eigenvalue weighted by molar-refractivity contribution is 6.35. The Morgan fingerprint density at radius 1 is 1.08 bits per heavy atom. The number of aliphatic hydroxyl groups excluding tert-OH is 1. The second-order valence-electron chi connectivity index (χ2n) is 8.56. The first-order chi connectivity index (χ1) is 12.5. The predicted molar refractivity (Wildman–Crippen MR) is 101 cm³/mol. The van der Waals surface area contributed by atoms with E-state index in [0.717, 1.165) is 32.4 Å². The molecule has 0 bridgehead atoms. The van der Waals surface area contributed by atoms with Gasteiger partial charge in [0, 0.05) is 31.1 Å². The molecule has 148 valence electrons. The Kier molecular flexibility index (Phi) is 6.56. The monoisotopic (exact) mass is 365 g/mol. The van der Waals surface area contributed by atoms with Crippen molar-refractivity contribution in [1.82, 2.24) is 15.1 Å². The van der Waals surface area contributed by atoms with Crippen molar-refractivity contribution < 1.29 is 14.7 Å². The molecule has 26 heavy (non-hydrogen) atoms. The SMILES string of the molecule is C[C@H](O)[C@H]1CCN(C(=O)C(=O)NCC2(N3CCCCC3)CCCCC2)C1. The molecule has 1 aliphatic carbocycles. The minimum Gasteiger partial charge on any atom is -0.393 e. The molecular weight excluding hydrogens is 330 g/mol. The number of rotatable bonds is 4. The van der Waals surface area contributed by atoms with Crippen LogP contribution in [0.15, 0.2) is 0 Å². The highest BCUT2D eigenvalue weighted by Crippen LogP contribution is 2.35. The minimum atomic E-state index is -0.474. The van der Waals surface area contributed by atoms with Crippen molar-refractivity contribution in [2.24, 2.45) is 5.92 Å². The van der Waals surface area contributed by atoms with Crippen molar-refractivity contribution in [2.45, 2.75) is 76.4 Å². The van der Waals surface area contributed by atoms with Crippen molar-refractivity contribution in [3.05, 3.63) is 0 Å². The molecule has 0 aromatic heterocycles. The van der Waals surface area contributed by atoms with Gasteiger partial charge in [-0.15, -0.1) is 0 Å². The average Bonchev–Trinajstić information content (AvgIpc) is 3.17. The first kappa shape index (κ1) is 19.6. The molecule has 2 atom stereocenters. The fourth-order valence-corrected chi connectivity index (χ4v) is 5.01. The summed E-state index contributed by atoms with van der Waals surface area (Å²) in [5.74, 6) is -0.819. The summed E-state index contributed by atoms with van der Waals surface area (Å²) < 4.78 is 0.